The Morgan fingerprint density at radius 2 is 1.48 bits per heavy atom. The second-order valence-electron chi connectivity index (χ2n) is 10.7. The monoisotopic (exact) mass is 673 g/mol. The maximum atomic E-state index is 12.2. The number of hydrogen-bond acceptors (Lipinski definition) is 10. The van der Waals surface area contributed by atoms with Gasteiger partial charge >= 0.3 is 6.09 Å². The highest BCUT2D eigenvalue weighted by Crippen LogP contribution is 2.45. The highest BCUT2D eigenvalue weighted by Gasteiger charge is 2.61. The molecule has 0 spiro atoms. The van der Waals surface area contributed by atoms with Crippen molar-refractivity contribution in [1.29, 1.82) is 0 Å². The summed E-state index contributed by atoms with van der Waals surface area (Å²) >= 11 is 0. The van der Waals surface area contributed by atoms with E-state index >= 15 is 0 Å². The Morgan fingerprint density at radius 3 is 1.98 bits per heavy atom. The van der Waals surface area contributed by atoms with Crippen molar-refractivity contribution in [3.8, 4) is 0 Å². The van der Waals surface area contributed by atoms with Gasteiger partial charge in [0.2, 0.25) is 5.79 Å². The molecule has 2 saturated heterocycles. The number of rotatable bonds is 2. The van der Waals surface area contributed by atoms with E-state index in [2.05, 4.69) is 0 Å². The van der Waals surface area contributed by atoms with Gasteiger partial charge in [0.15, 0.2) is 11.6 Å². The van der Waals surface area contributed by atoms with Crippen molar-refractivity contribution in [1.82, 2.24) is 4.90 Å². The Morgan fingerprint density at radius 1 is 0.857 bits per heavy atom. The fourth-order valence-electron chi connectivity index (χ4n) is 5.40. The number of β-amino-alcohol motifs (C(OH)–C–C–N with tert-alkyl or cyclic N) is 1. The third kappa shape index (κ3) is 10.4. The van der Waals surface area contributed by atoms with Gasteiger partial charge in [-0.05, 0) is 50.5 Å². The summed E-state index contributed by atoms with van der Waals surface area (Å²) in [6, 6.07) is 9.37. The molecule has 11 nitrogen and oxygen atoms in total. The lowest BCUT2D eigenvalue weighted by Crippen LogP contribution is -2.61. The van der Waals surface area contributed by atoms with Crippen LogP contribution in [-0.2, 0) is 25.6 Å². The molecule has 7 atom stereocenters. The fraction of sp³-hybridized carbons (Fsp3) is 0.704. The van der Waals surface area contributed by atoms with Crippen LogP contribution in [0.15, 0.2) is 30.3 Å². The molecule has 5 fully saturated rings. The number of carbonyl (C=O) groups is 2. The number of aliphatic hydroxyl groups is 5. The summed E-state index contributed by atoms with van der Waals surface area (Å²) < 4.78 is 16.7. The molecule has 15 heteroatoms. The van der Waals surface area contributed by atoms with Gasteiger partial charge in [-0.3, -0.25) is 9.69 Å². The summed E-state index contributed by atoms with van der Waals surface area (Å²) in [5.41, 5.74) is 0.887. The van der Waals surface area contributed by atoms with Gasteiger partial charge in [0.1, 0.15) is 24.9 Å². The van der Waals surface area contributed by atoms with E-state index in [4.69, 9.17) is 29.5 Å². The second kappa shape index (κ2) is 18.3. The first kappa shape index (κ1) is 41.3. The number of likely N-dealkylation sites (tertiary alicyclic amines) is 1. The molecule has 244 valence electrons. The highest BCUT2D eigenvalue weighted by molar-refractivity contribution is 7.59. The van der Waals surface area contributed by atoms with Crippen LogP contribution in [0.5, 0.6) is 0 Å². The number of ether oxygens (including phenoxy) is 3. The zero-order valence-corrected chi connectivity index (χ0v) is 27.5. The number of ketones is 1. The van der Waals surface area contributed by atoms with Crippen molar-refractivity contribution in [3.63, 3.8) is 0 Å². The number of carbonyl (C=O) groups excluding carboxylic acids is 2. The van der Waals surface area contributed by atoms with E-state index in [0.717, 1.165) is 37.7 Å². The van der Waals surface area contributed by atoms with Crippen LogP contribution in [0.4, 0.5) is 4.79 Å². The maximum Gasteiger partial charge on any atom is 0.410 e. The molecule has 3 aliphatic carbocycles. The van der Waals surface area contributed by atoms with Crippen LogP contribution < -0.4 is 0 Å². The van der Waals surface area contributed by atoms with Crippen LogP contribution in [0.2, 0.25) is 0 Å². The number of nitrogens with zero attached hydrogens (tertiary/aromatic N) is 1. The van der Waals surface area contributed by atoms with Gasteiger partial charge in [-0.2, -0.15) is 54.0 Å². The number of Topliss-reactive ketones (excluding diaryl/α,β-unsaturated/α-hetero) is 1. The average Bonchev–Trinajstić information content (AvgIpc) is 3.65. The van der Waals surface area contributed by atoms with Crippen LogP contribution in [0.1, 0.15) is 63.4 Å². The summed E-state index contributed by atoms with van der Waals surface area (Å²) in [4.78, 5) is 23.9. The summed E-state index contributed by atoms with van der Waals surface area (Å²) in [7, 11) is 0. The molecule has 6 rings (SSSR count). The van der Waals surface area contributed by atoms with Crippen LogP contribution in [-0.4, -0.2) is 97.5 Å². The number of fused-ring (bicyclic) bond motifs is 2. The molecule has 1 aromatic carbocycles. The molecule has 2 heterocycles. The Balaban J connectivity index is 0.000000779. The van der Waals surface area contributed by atoms with Crippen molar-refractivity contribution in [2.45, 2.75) is 106 Å². The summed E-state index contributed by atoms with van der Waals surface area (Å²) in [6.07, 6.45) is 3.20. The number of aliphatic hydroxyl groups excluding tert-OH is 3. The first-order chi connectivity index (χ1) is 18.1. The summed E-state index contributed by atoms with van der Waals surface area (Å²) in [5, 5.41) is 47.3. The van der Waals surface area contributed by atoms with Gasteiger partial charge in [0.25, 0.3) is 0 Å². The first-order valence-corrected chi connectivity index (χ1v) is 13.4. The zero-order valence-electron chi connectivity index (χ0n) is 23.5. The molecule has 0 bridgehead atoms. The average molecular weight is 674 g/mol. The fourth-order valence-corrected chi connectivity index (χ4v) is 5.40. The minimum atomic E-state index is -1.59. The molecule has 1 amide bonds. The van der Waals surface area contributed by atoms with Crippen molar-refractivity contribution >= 4 is 65.9 Å². The lowest BCUT2D eigenvalue weighted by Gasteiger charge is -2.44. The van der Waals surface area contributed by atoms with Crippen molar-refractivity contribution in [2.75, 3.05) is 13.1 Å². The molecule has 0 aromatic heterocycles. The Hall–Kier alpha value is -0.720. The molecule has 2 aliphatic heterocycles. The molecule has 4 unspecified atom stereocenters. The minimum Gasteiger partial charge on any atom is -0.445 e. The molecule has 5 N–H and O–H groups in total. The van der Waals surface area contributed by atoms with E-state index < -0.39 is 48.2 Å². The third-order valence-corrected chi connectivity index (χ3v) is 7.68. The molecule has 5 aliphatic rings. The predicted octanol–water partition coefficient (Wildman–Crippen LogP) is 1.43. The largest absolute Gasteiger partial charge is 0.445 e. The van der Waals surface area contributed by atoms with E-state index in [-0.39, 0.29) is 79.5 Å². The van der Waals surface area contributed by atoms with E-state index in [1.807, 2.05) is 30.3 Å². The van der Waals surface area contributed by atoms with E-state index in [0.29, 0.717) is 25.7 Å². The summed E-state index contributed by atoms with van der Waals surface area (Å²) in [6.45, 7) is 0.255. The van der Waals surface area contributed by atoms with Crippen molar-refractivity contribution < 1.29 is 49.3 Å². The number of benzene rings is 1. The van der Waals surface area contributed by atoms with Crippen LogP contribution >= 0.6 is 54.0 Å². The van der Waals surface area contributed by atoms with Crippen LogP contribution in [0, 0.1) is 0 Å². The molecule has 3 saturated carbocycles. The molecule has 1 aromatic rings. The third-order valence-electron chi connectivity index (χ3n) is 7.68. The van der Waals surface area contributed by atoms with Crippen LogP contribution in [0.25, 0.3) is 0 Å². The lowest BCUT2D eigenvalue weighted by molar-refractivity contribution is -0.401. The van der Waals surface area contributed by atoms with Gasteiger partial charge in [-0.15, -0.1) is 0 Å². The van der Waals surface area contributed by atoms with Crippen LogP contribution in [0.3, 0.4) is 0 Å². The van der Waals surface area contributed by atoms with Gasteiger partial charge in [-0.1, -0.05) is 30.3 Å². The van der Waals surface area contributed by atoms with Gasteiger partial charge < -0.3 is 39.7 Å². The lowest BCUT2D eigenvalue weighted by atomic mass is 10.1. The first-order valence-electron chi connectivity index (χ1n) is 13.4. The number of amides is 1. The van der Waals surface area contributed by atoms with E-state index in [9.17, 15) is 19.8 Å². The molecule has 0 radical (unpaired) electrons. The van der Waals surface area contributed by atoms with Crippen molar-refractivity contribution in [2.24, 2.45) is 0 Å². The Labute approximate surface area is 274 Å². The maximum absolute atomic E-state index is 12.2. The SMILES string of the molecule is O=C(OCc1ccccc1)N1CC2OC3(O)CCCC3OC2(O)C1.O=C1CCC[C@@H]1O.O[C@H]1CCC[C@@H]1O.S.S.S.S. The molecular formula is C27H47NO10S4. The second-order valence-corrected chi connectivity index (χ2v) is 10.7. The highest BCUT2D eigenvalue weighted by atomic mass is 32.1. The smallest absolute Gasteiger partial charge is 0.410 e. The van der Waals surface area contributed by atoms with Gasteiger partial charge in [0, 0.05) is 12.8 Å². The zero-order chi connectivity index (χ0) is 27.3. The molecular weight excluding hydrogens is 627 g/mol. The van der Waals surface area contributed by atoms with Crippen molar-refractivity contribution in [3.05, 3.63) is 35.9 Å². The Bertz CT molecular complexity index is 958. The standard InChI is InChI=1S/C17H21NO6.C5H10O2.C5H8O2.4H2S/c19-15(22-10-12-5-2-1-3-6-12)18-9-14-17(21,11-18)23-13-7-4-8-16(13,20)24-14;2*6-4-2-1-3-5(4)7;;;;/h1-3,5-6,13-14,20-21H,4,7-11H2;4-7H,1-3H2;4,6H,1-3H2;4*1H2/t;4-,5-;4-;;;;/m.00..../s1. The normalized spacial score (nSPS) is 33.9. The van der Waals surface area contributed by atoms with Gasteiger partial charge in [-0.25, -0.2) is 4.79 Å². The predicted molar refractivity (Wildman–Crippen MR) is 174 cm³/mol. The van der Waals surface area contributed by atoms with E-state index in [1.54, 1.807) is 0 Å². The minimum absolute atomic E-state index is 0. The topological polar surface area (TPSA) is 166 Å². The quantitative estimate of drug-likeness (QED) is 0.310. The summed E-state index contributed by atoms with van der Waals surface area (Å²) in [5.74, 6) is -2.94. The Kier molecular flexibility index (Phi) is 18.0. The molecule has 42 heavy (non-hydrogen) atoms. The van der Waals surface area contributed by atoms with Gasteiger partial charge in [0.05, 0.1) is 25.3 Å². The number of hydrogen-bond donors (Lipinski definition) is 5. The van der Waals surface area contributed by atoms with E-state index in [1.165, 1.54) is 4.90 Å².